The summed E-state index contributed by atoms with van der Waals surface area (Å²) in [5.74, 6) is -0.640. The van der Waals surface area contributed by atoms with Crippen LogP contribution in [0.1, 0.15) is 59.8 Å². The second kappa shape index (κ2) is 7.81. The Kier molecular flexibility index (Phi) is 6.69. The molecule has 1 atom stereocenters. The van der Waals surface area contributed by atoms with Crippen molar-refractivity contribution >= 4 is 11.9 Å². The molecule has 0 heterocycles. The van der Waals surface area contributed by atoms with E-state index in [0.29, 0.717) is 12.5 Å². The lowest BCUT2D eigenvalue weighted by atomic mass is 9.79. The van der Waals surface area contributed by atoms with Crippen molar-refractivity contribution in [2.24, 2.45) is 17.3 Å². The molecule has 0 N–H and O–H groups in total. The molecule has 0 spiro atoms. The quantitative estimate of drug-likeness (QED) is 0.578. The number of nitrogens with zero attached hydrogens (tertiary/aromatic N) is 1. The summed E-state index contributed by atoms with van der Waals surface area (Å²) in [5.41, 5.74) is -0.426. The van der Waals surface area contributed by atoms with Crippen molar-refractivity contribution in [1.82, 2.24) is 4.90 Å². The van der Waals surface area contributed by atoms with E-state index in [9.17, 15) is 9.59 Å². The molecule has 0 aromatic carbocycles. The van der Waals surface area contributed by atoms with E-state index in [0.717, 1.165) is 6.54 Å². The highest BCUT2D eigenvalue weighted by Crippen LogP contribution is 2.30. The fraction of sp³-hybridized carbons (Fsp3) is 0.882. The molecule has 21 heavy (non-hydrogen) atoms. The summed E-state index contributed by atoms with van der Waals surface area (Å²) < 4.78 is 5.11. The highest BCUT2D eigenvalue weighted by atomic mass is 16.5. The van der Waals surface area contributed by atoms with Gasteiger partial charge in [0, 0.05) is 13.6 Å². The Labute approximate surface area is 129 Å². The highest BCUT2D eigenvalue weighted by Gasteiger charge is 2.40. The van der Waals surface area contributed by atoms with Crippen LogP contribution in [0.3, 0.4) is 0 Å². The third kappa shape index (κ3) is 5.33. The first-order valence-electron chi connectivity index (χ1n) is 8.19. The largest absolute Gasteiger partial charge is 0.465 e. The van der Waals surface area contributed by atoms with Crippen molar-refractivity contribution in [1.29, 1.82) is 0 Å². The molecule has 1 saturated carbocycles. The van der Waals surface area contributed by atoms with Crippen LogP contribution in [0.4, 0.5) is 0 Å². The number of rotatable bonds is 5. The smallest absolute Gasteiger partial charge is 0.319 e. The second-order valence-electron chi connectivity index (χ2n) is 7.27. The van der Waals surface area contributed by atoms with Crippen LogP contribution in [0.2, 0.25) is 0 Å². The first kappa shape index (κ1) is 18.0. The molecule has 0 aliphatic heterocycles. The fourth-order valence-electron chi connectivity index (χ4n) is 3.12. The molecule has 0 bridgehead atoms. The minimum Gasteiger partial charge on any atom is -0.465 e. The molecule has 1 aliphatic rings. The lowest BCUT2D eigenvalue weighted by Crippen LogP contribution is -2.45. The standard InChI is InChI=1S/C17H31NO3/c1-6-21-16(20)14(17(2,3)4)15(19)18(5)12-13-10-8-7-9-11-13/h13-14H,6-12H2,1-5H3. The van der Waals surface area contributed by atoms with E-state index in [4.69, 9.17) is 4.74 Å². The summed E-state index contributed by atoms with van der Waals surface area (Å²) in [6.07, 6.45) is 6.20. The average molecular weight is 297 g/mol. The summed E-state index contributed by atoms with van der Waals surface area (Å²) >= 11 is 0. The molecule has 1 amide bonds. The van der Waals surface area contributed by atoms with Gasteiger partial charge in [0.05, 0.1) is 6.61 Å². The first-order chi connectivity index (χ1) is 9.77. The normalized spacial score (nSPS) is 18.1. The van der Waals surface area contributed by atoms with E-state index in [1.54, 1.807) is 11.8 Å². The zero-order chi connectivity index (χ0) is 16.0. The summed E-state index contributed by atoms with van der Waals surface area (Å²) in [5, 5.41) is 0. The Bertz CT molecular complexity index is 354. The molecular weight excluding hydrogens is 266 g/mol. The molecule has 1 unspecified atom stereocenters. The van der Waals surface area contributed by atoms with Gasteiger partial charge in [-0.1, -0.05) is 40.0 Å². The molecule has 122 valence electrons. The van der Waals surface area contributed by atoms with Crippen LogP contribution in [0.25, 0.3) is 0 Å². The van der Waals surface area contributed by atoms with E-state index in [1.807, 2.05) is 27.8 Å². The van der Waals surface area contributed by atoms with Crippen molar-refractivity contribution in [3.05, 3.63) is 0 Å². The predicted molar refractivity (Wildman–Crippen MR) is 83.8 cm³/mol. The van der Waals surface area contributed by atoms with Crippen LogP contribution in [-0.2, 0) is 14.3 Å². The lowest BCUT2D eigenvalue weighted by molar-refractivity contribution is -0.160. The van der Waals surface area contributed by atoms with E-state index >= 15 is 0 Å². The van der Waals surface area contributed by atoms with Gasteiger partial charge in [0.25, 0.3) is 0 Å². The lowest BCUT2D eigenvalue weighted by Gasteiger charge is -2.33. The van der Waals surface area contributed by atoms with Crippen molar-refractivity contribution < 1.29 is 14.3 Å². The highest BCUT2D eigenvalue weighted by molar-refractivity contribution is 5.98. The van der Waals surface area contributed by atoms with E-state index in [2.05, 4.69) is 0 Å². The SMILES string of the molecule is CCOC(=O)C(C(=O)N(C)CC1CCCCC1)C(C)(C)C. The van der Waals surface area contributed by atoms with Gasteiger partial charge in [0.1, 0.15) is 5.92 Å². The minimum atomic E-state index is -0.717. The number of esters is 1. The zero-order valence-electron chi connectivity index (χ0n) is 14.3. The van der Waals surface area contributed by atoms with E-state index in [1.165, 1.54) is 32.1 Å². The summed E-state index contributed by atoms with van der Waals surface area (Å²) in [4.78, 5) is 26.6. The van der Waals surface area contributed by atoms with Gasteiger partial charge in [0.2, 0.25) is 5.91 Å². The van der Waals surface area contributed by atoms with Crippen LogP contribution in [0.5, 0.6) is 0 Å². The maximum atomic E-state index is 12.7. The first-order valence-corrected chi connectivity index (χ1v) is 8.19. The maximum absolute atomic E-state index is 12.7. The van der Waals surface area contributed by atoms with Crippen LogP contribution >= 0.6 is 0 Å². The maximum Gasteiger partial charge on any atom is 0.319 e. The van der Waals surface area contributed by atoms with Crippen molar-refractivity contribution in [3.8, 4) is 0 Å². The molecule has 0 aromatic rings. The number of carbonyl (C=O) groups is 2. The Hall–Kier alpha value is -1.06. The zero-order valence-corrected chi connectivity index (χ0v) is 14.3. The summed E-state index contributed by atoms with van der Waals surface area (Å²) in [6, 6.07) is 0. The Morgan fingerprint density at radius 3 is 2.24 bits per heavy atom. The number of hydrogen-bond acceptors (Lipinski definition) is 3. The van der Waals surface area contributed by atoms with Gasteiger partial charge in [-0.05, 0) is 31.1 Å². The third-order valence-corrected chi connectivity index (χ3v) is 4.27. The fourth-order valence-corrected chi connectivity index (χ4v) is 3.12. The average Bonchev–Trinajstić information content (AvgIpc) is 2.38. The monoisotopic (exact) mass is 297 g/mol. The van der Waals surface area contributed by atoms with Gasteiger partial charge in [-0.25, -0.2) is 0 Å². The number of ether oxygens (including phenoxy) is 1. The van der Waals surface area contributed by atoms with E-state index < -0.39 is 17.3 Å². The Morgan fingerprint density at radius 1 is 1.19 bits per heavy atom. The summed E-state index contributed by atoms with van der Waals surface area (Å²) in [6.45, 7) is 8.59. The van der Waals surface area contributed by atoms with Gasteiger partial charge >= 0.3 is 5.97 Å². The molecule has 0 radical (unpaired) electrons. The van der Waals surface area contributed by atoms with Crippen LogP contribution < -0.4 is 0 Å². The van der Waals surface area contributed by atoms with Gasteiger partial charge < -0.3 is 9.64 Å². The Morgan fingerprint density at radius 2 is 1.76 bits per heavy atom. The molecule has 0 aromatic heterocycles. The molecule has 4 heteroatoms. The van der Waals surface area contributed by atoms with Gasteiger partial charge in [-0.15, -0.1) is 0 Å². The van der Waals surface area contributed by atoms with Gasteiger partial charge in [-0.2, -0.15) is 0 Å². The predicted octanol–water partition coefficient (Wildman–Crippen LogP) is 3.25. The van der Waals surface area contributed by atoms with Crippen molar-refractivity contribution in [2.45, 2.75) is 59.8 Å². The van der Waals surface area contributed by atoms with Gasteiger partial charge in [-0.3, -0.25) is 9.59 Å². The topological polar surface area (TPSA) is 46.6 Å². The number of amides is 1. The molecule has 0 saturated heterocycles. The molecule has 1 rings (SSSR count). The van der Waals surface area contributed by atoms with Crippen LogP contribution in [0.15, 0.2) is 0 Å². The Balaban J connectivity index is 2.72. The molecule has 4 nitrogen and oxygen atoms in total. The number of hydrogen-bond donors (Lipinski definition) is 0. The molecule has 1 fully saturated rings. The minimum absolute atomic E-state index is 0.105. The summed E-state index contributed by atoms with van der Waals surface area (Å²) in [7, 11) is 1.81. The van der Waals surface area contributed by atoms with Crippen molar-refractivity contribution in [3.63, 3.8) is 0 Å². The molecule has 1 aliphatic carbocycles. The number of carbonyl (C=O) groups excluding carboxylic acids is 2. The third-order valence-electron chi connectivity index (χ3n) is 4.27. The van der Waals surface area contributed by atoms with E-state index in [-0.39, 0.29) is 5.91 Å². The second-order valence-corrected chi connectivity index (χ2v) is 7.27. The van der Waals surface area contributed by atoms with Gasteiger partial charge in [0.15, 0.2) is 0 Å². The van der Waals surface area contributed by atoms with Crippen molar-refractivity contribution in [2.75, 3.05) is 20.2 Å². The van der Waals surface area contributed by atoms with Crippen LogP contribution in [0, 0.1) is 17.3 Å². The van der Waals surface area contributed by atoms with Crippen LogP contribution in [-0.4, -0.2) is 37.0 Å². The molecular formula is C17H31NO3.